The summed E-state index contributed by atoms with van der Waals surface area (Å²) in [7, 11) is 0. The molecule has 254 valence electrons. The van der Waals surface area contributed by atoms with Gasteiger partial charge in [-0.15, -0.1) is 0 Å². The van der Waals surface area contributed by atoms with Crippen LogP contribution in [0.5, 0.6) is 0 Å². The number of H-pyrrole nitrogens is 2. The Morgan fingerprint density at radius 1 is 0.673 bits per heavy atom. The molecule has 5 aliphatic rings. The first-order chi connectivity index (χ1) is 23.5. The van der Waals surface area contributed by atoms with Crippen LogP contribution in [0, 0.1) is 47.3 Å². The Morgan fingerprint density at radius 2 is 1.08 bits per heavy atom. The SMILES string of the molecule is O=C(CC1(O)C2C3CC4C5C3C1C5C(O)(CC(=O)N[C@@H](Cc1c[nH]c3ccccc13)C(=O)O)C42)N[C@@H](Cc1c[nH]c2ccccc12)C(=O)O. The summed E-state index contributed by atoms with van der Waals surface area (Å²) in [5.41, 5.74) is 0.429. The van der Waals surface area contributed by atoms with Gasteiger partial charge in [-0.25, -0.2) is 9.59 Å². The zero-order chi connectivity index (χ0) is 34.0. The van der Waals surface area contributed by atoms with Crippen LogP contribution in [0.2, 0.25) is 0 Å². The number of hydrogen-bond donors (Lipinski definition) is 8. The molecule has 2 heterocycles. The molecule has 4 aromatic rings. The Hall–Kier alpha value is -4.68. The van der Waals surface area contributed by atoms with Crippen LogP contribution in [0.1, 0.15) is 30.4 Å². The number of aromatic nitrogens is 2. The minimum Gasteiger partial charge on any atom is -0.480 e. The second kappa shape index (κ2) is 10.4. The van der Waals surface area contributed by atoms with E-state index in [0.29, 0.717) is 0 Å². The third-order valence-electron chi connectivity index (χ3n) is 13.2. The molecule has 12 nitrogen and oxygen atoms in total. The lowest BCUT2D eigenvalue weighted by Crippen LogP contribution is -2.66. The van der Waals surface area contributed by atoms with E-state index in [4.69, 9.17) is 0 Å². The Labute approximate surface area is 280 Å². The van der Waals surface area contributed by atoms with Crippen molar-refractivity contribution >= 4 is 45.6 Å². The number of carbonyl (C=O) groups excluding carboxylic acids is 2. The highest BCUT2D eigenvalue weighted by atomic mass is 16.4. The van der Waals surface area contributed by atoms with Crippen LogP contribution in [0.25, 0.3) is 21.8 Å². The molecule has 12 heteroatoms. The normalized spacial score (nSPS) is 35.5. The van der Waals surface area contributed by atoms with Gasteiger partial charge in [-0.3, -0.25) is 9.59 Å². The zero-order valence-electron chi connectivity index (χ0n) is 26.5. The molecule has 2 aromatic carbocycles. The molecular weight excluding hydrogens is 628 g/mol. The summed E-state index contributed by atoms with van der Waals surface area (Å²) >= 11 is 0. The maximum absolute atomic E-state index is 13.5. The van der Waals surface area contributed by atoms with Crippen molar-refractivity contribution in [2.75, 3.05) is 0 Å². The fraction of sp³-hybridized carbons (Fsp3) is 0.459. The number of rotatable bonds is 12. The highest BCUT2D eigenvalue weighted by Crippen LogP contribution is 2.88. The maximum Gasteiger partial charge on any atom is 0.326 e. The van der Waals surface area contributed by atoms with E-state index in [1.807, 2.05) is 48.5 Å². The van der Waals surface area contributed by atoms with E-state index < -0.39 is 70.7 Å². The molecule has 0 aliphatic heterocycles. The molecule has 49 heavy (non-hydrogen) atoms. The van der Waals surface area contributed by atoms with Gasteiger partial charge in [0.25, 0.3) is 0 Å². The van der Waals surface area contributed by atoms with Crippen molar-refractivity contribution < 1.29 is 39.6 Å². The lowest BCUT2D eigenvalue weighted by Gasteiger charge is -2.57. The minimum absolute atomic E-state index is 0.0729. The first-order valence-electron chi connectivity index (χ1n) is 17.1. The summed E-state index contributed by atoms with van der Waals surface area (Å²) in [4.78, 5) is 57.8. The third-order valence-corrected chi connectivity index (χ3v) is 13.2. The van der Waals surface area contributed by atoms with Gasteiger partial charge in [0, 0.05) is 47.0 Å². The highest BCUT2D eigenvalue weighted by molar-refractivity contribution is 5.88. The molecular formula is C37H38N4O8. The number of carboxylic acids is 2. The van der Waals surface area contributed by atoms with Crippen molar-refractivity contribution in [1.29, 1.82) is 0 Å². The zero-order valence-corrected chi connectivity index (χ0v) is 26.5. The van der Waals surface area contributed by atoms with Crippen LogP contribution in [0.3, 0.4) is 0 Å². The van der Waals surface area contributed by atoms with Crippen LogP contribution < -0.4 is 10.6 Å². The largest absolute Gasteiger partial charge is 0.480 e. The van der Waals surface area contributed by atoms with E-state index in [9.17, 15) is 39.6 Å². The van der Waals surface area contributed by atoms with Crippen molar-refractivity contribution in [3.8, 4) is 0 Å². The Morgan fingerprint density at radius 3 is 1.49 bits per heavy atom. The van der Waals surface area contributed by atoms with Gasteiger partial charge in [-0.2, -0.15) is 0 Å². The minimum atomic E-state index is -1.41. The van der Waals surface area contributed by atoms with Crippen LogP contribution in [-0.2, 0) is 32.0 Å². The van der Waals surface area contributed by atoms with E-state index in [1.54, 1.807) is 12.4 Å². The fourth-order valence-electron chi connectivity index (χ4n) is 11.9. The quantitative estimate of drug-likeness (QED) is 0.112. The van der Waals surface area contributed by atoms with Gasteiger partial charge in [0.15, 0.2) is 0 Å². The second-order valence-electron chi connectivity index (χ2n) is 15.2. The molecule has 2 amide bonds. The predicted molar refractivity (Wildman–Crippen MR) is 175 cm³/mol. The topological polar surface area (TPSA) is 205 Å². The van der Waals surface area contributed by atoms with Crippen LogP contribution in [0.15, 0.2) is 60.9 Å². The lowest BCUT2D eigenvalue weighted by atomic mass is 9.50. The number of fused-ring (bicyclic) bond motifs is 4. The fourth-order valence-corrected chi connectivity index (χ4v) is 11.9. The molecule has 0 spiro atoms. The summed E-state index contributed by atoms with van der Waals surface area (Å²) in [5, 5.41) is 51.7. The molecule has 5 saturated carbocycles. The van der Waals surface area contributed by atoms with Crippen LogP contribution in [0.4, 0.5) is 0 Å². The first-order valence-corrected chi connectivity index (χ1v) is 17.1. The number of aliphatic carboxylic acids is 2. The van der Waals surface area contributed by atoms with Gasteiger partial charge in [-0.05, 0) is 77.0 Å². The Kier molecular flexibility index (Phi) is 6.46. The van der Waals surface area contributed by atoms with Gasteiger partial charge in [-0.1, -0.05) is 36.4 Å². The van der Waals surface area contributed by atoms with Gasteiger partial charge in [0.2, 0.25) is 11.8 Å². The molecule has 2 aromatic heterocycles. The number of nitrogens with one attached hydrogen (secondary N) is 4. The third kappa shape index (κ3) is 4.16. The Bertz CT molecular complexity index is 1910. The number of hydrogen-bond acceptors (Lipinski definition) is 6. The van der Waals surface area contributed by atoms with E-state index in [1.165, 1.54) is 0 Å². The van der Waals surface area contributed by atoms with Crippen molar-refractivity contribution in [2.45, 2.75) is 55.4 Å². The number of carboxylic acid groups (broad SMARTS) is 2. The Balaban J connectivity index is 0.904. The summed E-state index contributed by atoms with van der Waals surface area (Å²) in [6.45, 7) is 0. The predicted octanol–water partition coefficient (Wildman–Crippen LogP) is 2.20. The van der Waals surface area contributed by atoms with E-state index in [0.717, 1.165) is 39.4 Å². The number of benzene rings is 2. The van der Waals surface area contributed by atoms with Crippen molar-refractivity contribution in [3.05, 3.63) is 72.1 Å². The van der Waals surface area contributed by atoms with Crippen LogP contribution >= 0.6 is 0 Å². The van der Waals surface area contributed by atoms with Gasteiger partial charge >= 0.3 is 11.9 Å². The summed E-state index contributed by atoms with van der Waals surface area (Å²) in [6.07, 6.45) is 3.91. The lowest BCUT2D eigenvalue weighted by molar-refractivity contribution is -0.219. The van der Waals surface area contributed by atoms with Gasteiger partial charge in [0.1, 0.15) is 12.1 Å². The number of amides is 2. The standard InChI is InChI=1S/C37H38N4O8/c42-26(40-24(34(44)45)9-16-14-38-22-7-3-1-5-18(16)22)12-36(48)30-20-11-21-29-28(20)32(36)33(29)37(49,31(21)30)13-27(43)41-25(35(46)47)10-17-15-39-23-8-4-2-6-19(17)23/h1-8,14-15,20-21,24-25,28-33,38-39,48-49H,9-13H2,(H,40,42)(H,41,43)(H,44,45)(H,46,47)/t20?,21?,24-,25-,28?,29?,30?,31?,32?,33?,36?,37?/m0/s1. The summed E-state index contributed by atoms with van der Waals surface area (Å²) < 4.78 is 0. The second-order valence-corrected chi connectivity index (χ2v) is 15.2. The summed E-state index contributed by atoms with van der Waals surface area (Å²) in [6, 6.07) is 12.7. The van der Waals surface area contributed by atoms with E-state index >= 15 is 0 Å². The molecule has 5 aliphatic carbocycles. The average Bonchev–Trinajstić information content (AvgIpc) is 3.81. The number of para-hydroxylation sites is 2. The van der Waals surface area contributed by atoms with Crippen molar-refractivity contribution in [3.63, 3.8) is 0 Å². The van der Waals surface area contributed by atoms with Crippen LogP contribution in [-0.4, -0.2) is 77.4 Å². The molecule has 5 fully saturated rings. The van der Waals surface area contributed by atoms with Crippen molar-refractivity contribution in [1.82, 2.24) is 20.6 Å². The molecule has 12 atom stereocenters. The number of aliphatic hydroxyl groups is 2. The highest BCUT2D eigenvalue weighted by Gasteiger charge is 2.90. The smallest absolute Gasteiger partial charge is 0.326 e. The van der Waals surface area contributed by atoms with Gasteiger partial charge in [0.05, 0.1) is 24.0 Å². The monoisotopic (exact) mass is 666 g/mol. The number of aromatic amines is 2. The molecule has 0 saturated heterocycles. The number of carbonyl (C=O) groups is 4. The van der Waals surface area contributed by atoms with E-state index in [-0.39, 0.29) is 49.4 Å². The molecule has 2 bridgehead atoms. The molecule has 0 radical (unpaired) electrons. The first kappa shape index (κ1) is 30.4. The summed E-state index contributed by atoms with van der Waals surface area (Å²) in [5.74, 6) is -4.45. The van der Waals surface area contributed by atoms with E-state index in [2.05, 4.69) is 20.6 Å². The van der Waals surface area contributed by atoms with Crippen molar-refractivity contribution in [2.24, 2.45) is 47.3 Å². The average molecular weight is 667 g/mol. The maximum atomic E-state index is 13.5. The molecule has 10 unspecified atom stereocenters. The molecule has 9 rings (SSSR count). The van der Waals surface area contributed by atoms with Gasteiger partial charge < -0.3 is 41.0 Å². The molecule has 8 N–H and O–H groups in total.